The number of nitrogens with one attached hydrogen (secondary N) is 1. The van der Waals surface area contributed by atoms with Gasteiger partial charge in [0.2, 0.25) is 0 Å². The second-order valence-corrected chi connectivity index (χ2v) is 4.99. The van der Waals surface area contributed by atoms with E-state index >= 15 is 0 Å². The first-order valence-corrected chi connectivity index (χ1v) is 6.59. The summed E-state index contributed by atoms with van der Waals surface area (Å²) >= 11 is 0. The van der Waals surface area contributed by atoms with Crippen molar-refractivity contribution >= 4 is 0 Å². The standard InChI is InChI=1S/C17H18N2O/c1-12-6-16(7-13(2)17(12)20)11-19-10-15-5-3-4-14(8-15)9-18/h3-8,19-20H,10-11H2,1-2H3. The zero-order valence-electron chi connectivity index (χ0n) is 11.8. The molecule has 0 spiro atoms. The lowest BCUT2D eigenvalue weighted by Crippen LogP contribution is -2.13. The first-order chi connectivity index (χ1) is 9.60. The molecular weight excluding hydrogens is 248 g/mol. The molecule has 2 rings (SSSR count). The average molecular weight is 266 g/mol. The fraction of sp³-hybridized carbons (Fsp3) is 0.235. The van der Waals surface area contributed by atoms with Gasteiger partial charge in [0.25, 0.3) is 0 Å². The summed E-state index contributed by atoms with van der Waals surface area (Å²) in [4.78, 5) is 0. The Hall–Kier alpha value is -2.31. The highest BCUT2D eigenvalue weighted by Gasteiger charge is 2.03. The molecule has 0 unspecified atom stereocenters. The van der Waals surface area contributed by atoms with Gasteiger partial charge in [0.15, 0.2) is 0 Å². The van der Waals surface area contributed by atoms with Crippen LogP contribution < -0.4 is 5.32 Å². The third-order valence-corrected chi connectivity index (χ3v) is 3.27. The Labute approximate surface area is 119 Å². The minimum atomic E-state index is 0.371. The van der Waals surface area contributed by atoms with E-state index in [0.29, 0.717) is 17.9 Å². The average Bonchev–Trinajstić information content (AvgIpc) is 2.45. The molecule has 0 amide bonds. The van der Waals surface area contributed by atoms with Crippen LogP contribution in [-0.4, -0.2) is 5.11 Å². The van der Waals surface area contributed by atoms with E-state index in [-0.39, 0.29) is 0 Å². The minimum absolute atomic E-state index is 0.371. The zero-order valence-corrected chi connectivity index (χ0v) is 11.8. The third kappa shape index (κ3) is 3.37. The highest BCUT2D eigenvalue weighted by molar-refractivity contribution is 5.42. The molecule has 0 radical (unpaired) electrons. The van der Waals surface area contributed by atoms with Gasteiger partial charge in [-0.3, -0.25) is 0 Å². The highest BCUT2D eigenvalue weighted by atomic mass is 16.3. The Morgan fingerprint density at radius 3 is 2.35 bits per heavy atom. The summed E-state index contributed by atoms with van der Waals surface area (Å²) in [6.45, 7) is 5.26. The van der Waals surface area contributed by atoms with Crippen LogP contribution >= 0.6 is 0 Å². The summed E-state index contributed by atoms with van der Waals surface area (Å²) in [5.74, 6) is 0.371. The first-order valence-electron chi connectivity index (χ1n) is 6.59. The van der Waals surface area contributed by atoms with Crippen LogP contribution in [0.15, 0.2) is 36.4 Å². The number of nitrogens with zero attached hydrogens (tertiary/aromatic N) is 1. The molecule has 102 valence electrons. The van der Waals surface area contributed by atoms with E-state index in [1.54, 1.807) is 6.07 Å². The molecule has 0 aliphatic heterocycles. The molecular formula is C17H18N2O. The molecule has 0 saturated heterocycles. The number of hydrogen-bond acceptors (Lipinski definition) is 3. The smallest absolute Gasteiger partial charge is 0.121 e. The van der Waals surface area contributed by atoms with Crippen LogP contribution in [0.5, 0.6) is 5.75 Å². The monoisotopic (exact) mass is 266 g/mol. The molecule has 0 saturated carbocycles. The number of phenols is 1. The third-order valence-electron chi connectivity index (χ3n) is 3.27. The largest absolute Gasteiger partial charge is 0.507 e. The van der Waals surface area contributed by atoms with E-state index in [4.69, 9.17) is 5.26 Å². The van der Waals surface area contributed by atoms with Crippen molar-refractivity contribution in [1.82, 2.24) is 5.32 Å². The Bertz CT molecular complexity index is 633. The number of aryl methyl sites for hydroxylation is 2. The van der Waals surface area contributed by atoms with Crippen LogP contribution in [0.2, 0.25) is 0 Å². The van der Waals surface area contributed by atoms with Gasteiger partial charge in [-0.15, -0.1) is 0 Å². The molecule has 0 fully saturated rings. The van der Waals surface area contributed by atoms with E-state index in [2.05, 4.69) is 11.4 Å². The van der Waals surface area contributed by atoms with Crippen LogP contribution in [0.25, 0.3) is 0 Å². The maximum absolute atomic E-state index is 9.74. The van der Waals surface area contributed by atoms with Gasteiger partial charge in [-0.25, -0.2) is 0 Å². The van der Waals surface area contributed by atoms with Crippen molar-refractivity contribution in [2.75, 3.05) is 0 Å². The lowest BCUT2D eigenvalue weighted by molar-refractivity contribution is 0.466. The van der Waals surface area contributed by atoms with E-state index in [0.717, 1.165) is 28.8 Å². The van der Waals surface area contributed by atoms with Crippen molar-refractivity contribution in [3.05, 3.63) is 64.2 Å². The van der Waals surface area contributed by atoms with E-state index in [9.17, 15) is 5.11 Å². The van der Waals surface area contributed by atoms with Crippen molar-refractivity contribution in [3.63, 3.8) is 0 Å². The van der Waals surface area contributed by atoms with Crippen molar-refractivity contribution < 1.29 is 5.11 Å². The predicted octanol–water partition coefficient (Wildman–Crippen LogP) is 3.17. The summed E-state index contributed by atoms with van der Waals surface area (Å²) < 4.78 is 0. The molecule has 2 aromatic carbocycles. The second kappa shape index (κ2) is 6.23. The lowest BCUT2D eigenvalue weighted by Gasteiger charge is -2.09. The van der Waals surface area contributed by atoms with Crippen molar-refractivity contribution in [1.29, 1.82) is 5.26 Å². The molecule has 0 atom stereocenters. The Kier molecular flexibility index (Phi) is 4.39. The summed E-state index contributed by atoms with van der Waals surface area (Å²) in [7, 11) is 0. The number of benzene rings is 2. The minimum Gasteiger partial charge on any atom is -0.507 e. The molecule has 0 bridgehead atoms. The second-order valence-electron chi connectivity index (χ2n) is 4.99. The number of hydrogen-bond donors (Lipinski definition) is 2. The van der Waals surface area contributed by atoms with Gasteiger partial charge < -0.3 is 10.4 Å². The summed E-state index contributed by atoms with van der Waals surface area (Å²) in [6, 6.07) is 13.7. The normalized spacial score (nSPS) is 10.2. The summed E-state index contributed by atoms with van der Waals surface area (Å²) in [6.07, 6.45) is 0. The van der Waals surface area contributed by atoms with Gasteiger partial charge in [-0.1, -0.05) is 24.3 Å². The zero-order chi connectivity index (χ0) is 14.5. The summed E-state index contributed by atoms with van der Waals surface area (Å²) in [5.41, 5.74) is 4.72. The Morgan fingerprint density at radius 1 is 1.05 bits per heavy atom. The van der Waals surface area contributed by atoms with Gasteiger partial charge in [-0.05, 0) is 48.2 Å². The molecule has 20 heavy (non-hydrogen) atoms. The maximum Gasteiger partial charge on any atom is 0.121 e. The van der Waals surface area contributed by atoms with Gasteiger partial charge in [0.1, 0.15) is 5.75 Å². The SMILES string of the molecule is Cc1cc(CNCc2cccc(C#N)c2)cc(C)c1O. The maximum atomic E-state index is 9.74. The molecule has 0 heterocycles. The first kappa shape index (κ1) is 14.1. The number of phenolic OH excluding ortho intramolecular Hbond substituents is 1. The van der Waals surface area contributed by atoms with Crippen molar-refractivity contribution in [2.24, 2.45) is 0 Å². The summed E-state index contributed by atoms with van der Waals surface area (Å²) in [5, 5.41) is 22.0. The molecule has 2 N–H and O–H groups in total. The molecule has 0 aliphatic carbocycles. The van der Waals surface area contributed by atoms with E-state index in [1.807, 2.05) is 44.2 Å². The van der Waals surface area contributed by atoms with Gasteiger partial charge in [-0.2, -0.15) is 5.26 Å². The highest BCUT2D eigenvalue weighted by Crippen LogP contribution is 2.22. The Morgan fingerprint density at radius 2 is 1.70 bits per heavy atom. The molecule has 3 nitrogen and oxygen atoms in total. The van der Waals surface area contributed by atoms with Crippen LogP contribution in [-0.2, 0) is 13.1 Å². The Balaban J connectivity index is 1.98. The van der Waals surface area contributed by atoms with Crippen LogP contribution in [0, 0.1) is 25.2 Å². The van der Waals surface area contributed by atoms with Gasteiger partial charge in [0, 0.05) is 13.1 Å². The number of nitriles is 1. The van der Waals surface area contributed by atoms with Crippen LogP contribution in [0.3, 0.4) is 0 Å². The quantitative estimate of drug-likeness (QED) is 0.893. The van der Waals surface area contributed by atoms with Crippen molar-refractivity contribution in [2.45, 2.75) is 26.9 Å². The van der Waals surface area contributed by atoms with Gasteiger partial charge in [0.05, 0.1) is 11.6 Å². The topological polar surface area (TPSA) is 56.0 Å². The van der Waals surface area contributed by atoms with E-state index < -0.39 is 0 Å². The predicted molar refractivity (Wildman–Crippen MR) is 79.3 cm³/mol. The molecule has 0 aromatic heterocycles. The van der Waals surface area contributed by atoms with Crippen molar-refractivity contribution in [3.8, 4) is 11.8 Å². The number of aromatic hydroxyl groups is 1. The number of rotatable bonds is 4. The molecule has 3 heteroatoms. The molecule has 0 aliphatic rings. The lowest BCUT2D eigenvalue weighted by atomic mass is 10.1. The van der Waals surface area contributed by atoms with Crippen LogP contribution in [0.1, 0.15) is 27.8 Å². The molecule has 2 aromatic rings. The fourth-order valence-electron chi connectivity index (χ4n) is 2.25. The van der Waals surface area contributed by atoms with Crippen LogP contribution in [0.4, 0.5) is 0 Å². The van der Waals surface area contributed by atoms with E-state index in [1.165, 1.54) is 0 Å². The van der Waals surface area contributed by atoms with Gasteiger partial charge >= 0.3 is 0 Å². The fourth-order valence-corrected chi connectivity index (χ4v) is 2.25.